The van der Waals surface area contributed by atoms with Gasteiger partial charge in [-0.3, -0.25) is 0 Å². The van der Waals surface area contributed by atoms with Gasteiger partial charge in [-0.2, -0.15) is 0 Å². The summed E-state index contributed by atoms with van der Waals surface area (Å²) >= 11 is 0. The summed E-state index contributed by atoms with van der Waals surface area (Å²) in [7, 11) is 0. The minimum absolute atomic E-state index is 0.251. The molecule has 1 heterocycles. The van der Waals surface area contributed by atoms with Crippen LogP contribution in [-0.4, -0.2) is 9.55 Å². The third-order valence-corrected chi connectivity index (χ3v) is 5.81. The van der Waals surface area contributed by atoms with Crippen molar-refractivity contribution >= 4 is 0 Å². The minimum atomic E-state index is -2.15. The Kier molecular flexibility index (Phi) is 5.56. The Morgan fingerprint density at radius 3 is 1.24 bits per heavy atom. The molecule has 0 aliphatic rings. The lowest BCUT2D eigenvalue weighted by Gasteiger charge is -2.39. The molecule has 0 aliphatic carbocycles. The lowest BCUT2D eigenvalue weighted by molar-refractivity contribution is 0.415. The summed E-state index contributed by atoms with van der Waals surface area (Å²) in [5.41, 5.74) is -2.23. The smallest absolute Gasteiger partial charge is 0.132 e. The predicted molar refractivity (Wildman–Crippen MR) is 111 cm³/mol. The molecular weight excluding hydrogens is 442 g/mol. The Morgan fingerprint density at radius 2 is 0.970 bits per heavy atom. The van der Waals surface area contributed by atoms with Crippen molar-refractivity contribution in [3.63, 3.8) is 0 Å². The molecule has 0 bridgehead atoms. The van der Waals surface area contributed by atoms with Crippen LogP contribution in [0.25, 0.3) is 0 Å². The van der Waals surface area contributed by atoms with E-state index in [1.807, 2.05) is 0 Å². The molecule has 0 saturated heterocycles. The summed E-state index contributed by atoms with van der Waals surface area (Å²) in [5, 5.41) is 0. The van der Waals surface area contributed by atoms with Gasteiger partial charge in [0.1, 0.15) is 46.3 Å². The van der Waals surface area contributed by atoms with Crippen LogP contribution < -0.4 is 0 Å². The molecule has 2 nitrogen and oxygen atoms in total. The molecule has 170 valence electrons. The largest absolute Gasteiger partial charge is 0.313 e. The summed E-state index contributed by atoms with van der Waals surface area (Å²) in [6, 6.07) is 7.78. The first kappa shape index (κ1) is 22.6. The molecule has 33 heavy (non-hydrogen) atoms. The molecule has 8 heteroatoms. The first-order valence-electron chi connectivity index (χ1n) is 9.97. The highest BCUT2D eigenvalue weighted by Crippen LogP contribution is 2.46. The Balaban J connectivity index is 2.32. The number of halogens is 6. The topological polar surface area (TPSA) is 17.8 Å². The van der Waals surface area contributed by atoms with Crippen LogP contribution in [0.2, 0.25) is 0 Å². The average Bonchev–Trinajstić information content (AvgIpc) is 2.98. The molecule has 3 aromatic carbocycles. The van der Waals surface area contributed by atoms with Gasteiger partial charge < -0.3 is 4.57 Å². The quantitative estimate of drug-likeness (QED) is 0.252. The van der Waals surface area contributed by atoms with Crippen LogP contribution >= 0.6 is 0 Å². The van der Waals surface area contributed by atoms with Crippen LogP contribution in [0.5, 0.6) is 0 Å². The number of hydrogen-bond donors (Lipinski definition) is 0. The van der Waals surface area contributed by atoms with Crippen molar-refractivity contribution in [3.05, 3.63) is 123 Å². The van der Waals surface area contributed by atoms with E-state index in [0.29, 0.717) is 29.6 Å². The normalized spacial score (nSPS) is 11.8. The minimum Gasteiger partial charge on any atom is -0.313 e. The number of benzene rings is 3. The van der Waals surface area contributed by atoms with E-state index in [2.05, 4.69) is 4.98 Å². The zero-order valence-electron chi connectivity index (χ0n) is 17.9. The second-order valence-electron chi connectivity index (χ2n) is 7.75. The summed E-state index contributed by atoms with van der Waals surface area (Å²) in [5.74, 6) is -5.77. The van der Waals surface area contributed by atoms with E-state index in [4.69, 9.17) is 0 Å². The van der Waals surface area contributed by atoms with Crippen LogP contribution in [0.15, 0.2) is 54.6 Å². The highest BCUT2D eigenvalue weighted by atomic mass is 19.2. The molecule has 1 aromatic heterocycles. The monoisotopic (exact) mass is 460 g/mol. The second kappa shape index (κ2) is 8.10. The maximum absolute atomic E-state index is 15.4. The average molecular weight is 460 g/mol. The molecule has 0 aliphatic heterocycles. The molecule has 0 saturated carbocycles. The van der Waals surface area contributed by atoms with Gasteiger partial charge in [-0.05, 0) is 39.0 Å². The van der Waals surface area contributed by atoms with Crippen molar-refractivity contribution in [2.24, 2.45) is 0 Å². The number of hydrogen-bond acceptors (Lipinski definition) is 1. The van der Waals surface area contributed by atoms with Gasteiger partial charge in [0.15, 0.2) is 0 Å². The molecular formula is C25H18F6N2. The molecule has 0 N–H and O–H groups in total. The van der Waals surface area contributed by atoms with Crippen LogP contribution in [0.4, 0.5) is 26.3 Å². The first-order chi connectivity index (χ1) is 15.6. The van der Waals surface area contributed by atoms with Crippen molar-refractivity contribution in [3.8, 4) is 0 Å². The maximum atomic E-state index is 15.4. The van der Waals surface area contributed by atoms with Gasteiger partial charge in [-0.25, -0.2) is 31.3 Å². The number of rotatable bonds is 4. The van der Waals surface area contributed by atoms with Gasteiger partial charge in [-0.1, -0.05) is 18.2 Å². The number of imidazole rings is 1. The fourth-order valence-electron chi connectivity index (χ4n) is 4.42. The van der Waals surface area contributed by atoms with Crippen molar-refractivity contribution in [2.75, 3.05) is 0 Å². The Bertz CT molecular complexity index is 1250. The van der Waals surface area contributed by atoms with E-state index in [1.54, 1.807) is 20.8 Å². The number of aryl methyl sites for hydroxylation is 2. The Morgan fingerprint density at radius 1 is 0.606 bits per heavy atom. The van der Waals surface area contributed by atoms with E-state index in [1.165, 1.54) is 4.57 Å². The molecule has 0 atom stereocenters. The lowest BCUT2D eigenvalue weighted by Crippen LogP contribution is -2.42. The van der Waals surface area contributed by atoms with Crippen LogP contribution in [0.1, 0.15) is 33.9 Å². The fourth-order valence-corrected chi connectivity index (χ4v) is 4.42. The van der Waals surface area contributed by atoms with Gasteiger partial charge >= 0.3 is 0 Å². The molecule has 0 unspecified atom stereocenters. The van der Waals surface area contributed by atoms with E-state index >= 15 is 13.2 Å². The molecule has 0 fully saturated rings. The van der Waals surface area contributed by atoms with Gasteiger partial charge in [0.25, 0.3) is 0 Å². The van der Waals surface area contributed by atoms with Crippen LogP contribution in [-0.2, 0) is 5.54 Å². The lowest BCUT2D eigenvalue weighted by atomic mass is 9.75. The molecule has 4 aromatic rings. The van der Waals surface area contributed by atoms with Crippen LogP contribution in [0, 0.1) is 55.7 Å². The van der Waals surface area contributed by atoms with Crippen molar-refractivity contribution in [2.45, 2.75) is 26.3 Å². The van der Waals surface area contributed by atoms with E-state index in [-0.39, 0.29) is 22.5 Å². The second-order valence-corrected chi connectivity index (χ2v) is 7.75. The molecule has 0 radical (unpaired) electrons. The van der Waals surface area contributed by atoms with Crippen molar-refractivity contribution < 1.29 is 26.3 Å². The van der Waals surface area contributed by atoms with E-state index in [0.717, 1.165) is 36.4 Å². The highest BCUT2D eigenvalue weighted by molar-refractivity contribution is 5.53. The van der Waals surface area contributed by atoms with Crippen molar-refractivity contribution in [1.29, 1.82) is 0 Å². The van der Waals surface area contributed by atoms with E-state index < -0.39 is 40.4 Å². The SMILES string of the molecule is Cc1nc(C)n(C(c2ccc(F)cc2F)(c2ccc(F)cc2F)c2ccc(F)cc2F)c1C. The predicted octanol–water partition coefficient (Wildman–Crippen LogP) is 6.48. The van der Waals surface area contributed by atoms with Crippen LogP contribution in [0.3, 0.4) is 0 Å². The van der Waals surface area contributed by atoms with Gasteiger partial charge in [-0.15, -0.1) is 0 Å². The zero-order valence-corrected chi connectivity index (χ0v) is 17.9. The van der Waals surface area contributed by atoms with Gasteiger partial charge in [0, 0.05) is 40.6 Å². The molecule has 0 amide bonds. The summed E-state index contributed by atoms with van der Waals surface area (Å²) < 4.78 is 89.3. The summed E-state index contributed by atoms with van der Waals surface area (Å²) in [6.45, 7) is 4.83. The standard InChI is InChI=1S/C25H18F6N2/c1-13-14(2)33(15(3)32-13)25(19-7-4-16(26)10-22(19)29,20-8-5-17(27)11-23(20)30)21-9-6-18(28)12-24(21)31/h4-12H,1-3H3. The molecule has 0 spiro atoms. The van der Waals surface area contributed by atoms with Crippen molar-refractivity contribution in [1.82, 2.24) is 9.55 Å². The van der Waals surface area contributed by atoms with Gasteiger partial charge in [0.2, 0.25) is 0 Å². The summed E-state index contributed by atoms with van der Waals surface area (Å²) in [6.07, 6.45) is 0. The third kappa shape index (κ3) is 3.50. The highest BCUT2D eigenvalue weighted by Gasteiger charge is 2.46. The Labute approximate surface area is 186 Å². The maximum Gasteiger partial charge on any atom is 0.132 e. The number of nitrogens with zero attached hydrogens (tertiary/aromatic N) is 2. The first-order valence-corrected chi connectivity index (χ1v) is 9.97. The third-order valence-electron chi connectivity index (χ3n) is 5.81. The zero-order chi connectivity index (χ0) is 24.1. The fraction of sp³-hybridized carbons (Fsp3) is 0.160. The van der Waals surface area contributed by atoms with Gasteiger partial charge in [0.05, 0.1) is 5.69 Å². The summed E-state index contributed by atoms with van der Waals surface area (Å²) in [4.78, 5) is 4.37. The number of aromatic nitrogens is 2. The Hall–Kier alpha value is -3.55. The van der Waals surface area contributed by atoms with E-state index in [9.17, 15) is 13.2 Å². The molecule has 4 rings (SSSR count).